The van der Waals surface area contributed by atoms with E-state index in [1.54, 1.807) is 6.07 Å². The summed E-state index contributed by atoms with van der Waals surface area (Å²) in [6.45, 7) is 7.82. The van der Waals surface area contributed by atoms with Crippen LogP contribution in [-0.4, -0.2) is 34.0 Å². The summed E-state index contributed by atoms with van der Waals surface area (Å²) in [4.78, 5) is 25.7. The summed E-state index contributed by atoms with van der Waals surface area (Å²) in [6, 6.07) is 5.67. The molecule has 0 spiro atoms. The van der Waals surface area contributed by atoms with E-state index in [2.05, 4.69) is 5.10 Å². The Hall–Kier alpha value is -2.52. The predicted octanol–water partition coefficient (Wildman–Crippen LogP) is 1.38. The largest absolute Gasteiger partial charge is 0.497 e. The number of hydrogen-bond acceptors (Lipinski definition) is 5. The van der Waals surface area contributed by atoms with Crippen LogP contribution in [0, 0.1) is 5.82 Å². The molecule has 1 fully saturated rings. The van der Waals surface area contributed by atoms with E-state index in [9.17, 15) is 14.0 Å². The molecule has 1 saturated heterocycles. The fourth-order valence-corrected chi connectivity index (χ4v) is 3.32. The van der Waals surface area contributed by atoms with Crippen LogP contribution in [0.4, 0.5) is 10.2 Å². The van der Waals surface area contributed by atoms with Crippen LogP contribution in [0.2, 0.25) is 0 Å². The highest BCUT2D eigenvalue weighted by Gasteiger charge is 2.52. The Balaban J connectivity index is 1.69. The smallest absolute Gasteiger partial charge is 0.399 e. The second kappa shape index (κ2) is 5.99. The molecule has 146 valence electrons. The van der Waals surface area contributed by atoms with Crippen molar-refractivity contribution in [3.63, 3.8) is 0 Å². The number of anilines is 1. The number of halogens is 1. The highest BCUT2D eigenvalue weighted by Crippen LogP contribution is 2.37. The number of carbonyl (C=O) groups excluding carboxylic acids is 1. The van der Waals surface area contributed by atoms with Gasteiger partial charge in [0.25, 0.3) is 11.5 Å². The van der Waals surface area contributed by atoms with Crippen molar-refractivity contribution >= 4 is 24.3 Å². The number of hydrogen-bond donors (Lipinski definition) is 0. The van der Waals surface area contributed by atoms with E-state index < -0.39 is 24.1 Å². The molecule has 3 heterocycles. The summed E-state index contributed by atoms with van der Waals surface area (Å²) < 4.78 is 27.9. The quantitative estimate of drug-likeness (QED) is 0.731. The molecule has 0 saturated carbocycles. The van der Waals surface area contributed by atoms with Crippen molar-refractivity contribution in [2.45, 2.75) is 45.4 Å². The molecule has 28 heavy (non-hydrogen) atoms. The molecule has 2 aliphatic rings. The number of nitrogens with zero attached hydrogens (tertiary/aromatic N) is 3. The lowest BCUT2D eigenvalue weighted by atomic mass is 9.77. The molecule has 0 radical (unpaired) electrons. The lowest BCUT2D eigenvalue weighted by Crippen LogP contribution is -2.41. The van der Waals surface area contributed by atoms with Gasteiger partial charge < -0.3 is 9.31 Å². The highest BCUT2D eigenvalue weighted by molar-refractivity contribution is 6.62. The molecular weight excluding hydrogens is 364 g/mol. The summed E-state index contributed by atoms with van der Waals surface area (Å²) in [5.41, 5.74) is -0.268. The first-order chi connectivity index (χ1) is 13.0. The maximum atomic E-state index is 14.8. The van der Waals surface area contributed by atoms with Crippen molar-refractivity contribution in [2.24, 2.45) is 7.05 Å². The zero-order valence-corrected chi connectivity index (χ0v) is 16.4. The van der Waals surface area contributed by atoms with Crippen LogP contribution in [0.1, 0.15) is 43.6 Å². The summed E-state index contributed by atoms with van der Waals surface area (Å²) in [6.07, 6.45) is 0. The summed E-state index contributed by atoms with van der Waals surface area (Å²) in [5, 5.41) is 4.11. The molecule has 2 aliphatic heterocycles. The van der Waals surface area contributed by atoms with Crippen molar-refractivity contribution in [3.05, 3.63) is 51.6 Å². The standard InChI is InChI=1S/C19H21BFN3O4/c1-18(2)19(3,4)28-20(27-18)13-8-11-10-24(17(26)12(11)9-14(13)21)15-6-7-16(25)23(5)22-15/h6-9H,10H2,1-5H3. The van der Waals surface area contributed by atoms with E-state index in [1.165, 1.54) is 30.1 Å². The first-order valence-electron chi connectivity index (χ1n) is 9.04. The third kappa shape index (κ3) is 2.77. The first-order valence-corrected chi connectivity index (χ1v) is 9.04. The monoisotopic (exact) mass is 385 g/mol. The van der Waals surface area contributed by atoms with Crippen LogP contribution >= 0.6 is 0 Å². The average molecular weight is 385 g/mol. The maximum Gasteiger partial charge on any atom is 0.497 e. The maximum absolute atomic E-state index is 14.8. The number of amides is 1. The number of carbonyl (C=O) groups is 1. The number of fused-ring (bicyclic) bond motifs is 1. The molecule has 0 unspecified atom stereocenters. The van der Waals surface area contributed by atoms with Gasteiger partial charge in [-0.15, -0.1) is 0 Å². The fraction of sp³-hybridized carbons (Fsp3) is 0.421. The predicted molar refractivity (Wildman–Crippen MR) is 102 cm³/mol. The van der Waals surface area contributed by atoms with Crippen molar-refractivity contribution in [1.29, 1.82) is 0 Å². The van der Waals surface area contributed by atoms with Gasteiger partial charge in [0.15, 0.2) is 5.82 Å². The third-order valence-corrected chi connectivity index (χ3v) is 5.76. The molecule has 4 rings (SSSR count). The number of rotatable bonds is 2. The molecule has 0 bridgehead atoms. The molecule has 0 atom stereocenters. The average Bonchev–Trinajstić information content (AvgIpc) is 3.02. The van der Waals surface area contributed by atoms with Crippen LogP contribution in [0.5, 0.6) is 0 Å². The number of aryl methyl sites for hydroxylation is 1. The zero-order chi connectivity index (χ0) is 20.4. The molecule has 9 heteroatoms. The van der Waals surface area contributed by atoms with Gasteiger partial charge in [-0.1, -0.05) is 6.07 Å². The van der Waals surface area contributed by atoms with E-state index in [-0.39, 0.29) is 29.0 Å². The van der Waals surface area contributed by atoms with E-state index in [1.807, 2.05) is 27.7 Å². The lowest BCUT2D eigenvalue weighted by molar-refractivity contribution is 0.00578. The van der Waals surface area contributed by atoms with Crippen LogP contribution in [0.15, 0.2) is 29.1 Å². The van der Waals surface area contributed by atoms with Gasteiger partial charge >= 0.3 is 7.12 Å². The van der Waals surface area contributed by atoms with Crippen LogP contribution in [0.25, 0.3) is 0 Å². The molecule has 1 aromatic carbocycles. The minimum Gasteiger partial charge on any atom is -0.399 e. The molecule has 1 amide bonds. The van der Waals surface area contributed by atoms with Crippen LogP contribution < -0.4 is 15.9 Å². The first kappa shape index (κ1) is 18.8. The van der Waals surface area contributed by atoms with Crippen LogP contribution in [-0.2, 0) is 22.9 Å². The van der Waals surface area contributed by atoms with Crippen molar-refractivity contribution in [1.82, 2.24) is 9.78 Å². The third-order valence-electron chi connectivity index (χ3n) is 5.76. The Morgan fingerprint density at radius 3 is 2.36 bits per heavy atom. The summed E-state index contributed by atoms with van der Waals surface area (Å²) >= 11 is 0. The molecular formula is C19H21BFN3O4. The minimum atomic E-state index is -0.852. The molecule has 0 N–H and O–H groups in total. The van der Waals surface area contributed by atoms with Gasteiger partial charge in [-0.2, -0.15) is 5.10 Å². The van der Waals surface area contributed by atoms with Gasteiger partial charge in [0.05, 0.1) is 17.7 Å². The van der Waals surface area contributed by atoms with Gasteiger partial charge in [-0.05, 0) is 45.4 Å². The molecule has 2 aromatic rings. The second-order valence-electron chi connectivity index (χ2n) is 8.16. The Morgan fingerprint density at radius 1 is 1.11 bits per heavy atom. The van der Waals surface area contributed by atoms with Gasteiger partial charge in [0, 0.05) is 24.1 Å². The van der Waals surface area contributed by atoms with E-state index in [0.29, 0.717) is 11.4 Å². The molecule has 7 nitrogen and oxygen atoms in total. The Morgan fingerprint density at radius 2 is 1.75 bits per heavy atom. The Kier molecular flexibility index (Phi) is 4.03. The van der Waals surface area contributed by atoms with Gasteiger partial charge in [-0.25, -0.2) is 9.07 Å². The Bertz CT molecular complexity index is 1030. The van der Waals surface area contributed by atoms with Crippen molar-refractivity contribution in [3.8, 4) is 0 Å². The minimum absolute atomic E-state index is 0.228. The van der Waals surface area contributed by atoms with E-state index >= 15 is 0 Å². The SMILES string of the molecule is Cn1nc(N2Cc3cc(B4OC(C)(C)C(C)(C)O4)c(F)cc3C2=O)ccc1=O. The molecule has 0 aliphatic carbocycles. The van der Waals surface area contributed by atoms with Gasteiger partial charge in [0.2, 0.25) is 0 Å². The highest BCUT2D eigenvalue weighted by atomic mass is 19.1. The lowest BCUT2D eigenvalue weighted by Gasteiger charge is -2.32. The van der Waals surface area contributed by atoms with E-state index in [0.717, 1.165) is 4.68 Å². The van der Waals surface area contributed by atoms with Crippen molar-refractivity contribution < 1.29 is 18.5 Å². The number of aromatic nitrogens is 2. The Labute approximate surface area is 162 Å². The number of benzene rings is 1. The second-order valence-corrected chi connectivity index (χ2v) is 8.16. The molecule has 1 aromatic heterocycles. The van der Waals surface area contributed by atoms with E-state index in [4.69, 9.17) is 9.31 Å². The summed E-state index contributed by atoms with van der Waals surface area (Å²) in [5.74, 6) is -0.581. The topological polar surface area (TPSA) is 73.7 Å². The van der Waals surface area contributed by atoms with Crippen LogP contribution in [0.3, 0.4) is 0 Å². The van der Waals surface area contributed by atoms with Crippen molar-refractivity contribution in [2.75, 3.05) is 4.90 Å². The normalized spacial score (nSPS) is 20.0. The van der Waals surface area contributed by atoms with Gasteiger partial charge in [0.1, 0.15) is 5.82 Å². The fourth-order valence-electron chi connectivity index (χ4n) is 3.32. The zero-order valence-electron chi connectivity index (χ0n) is 16.4. The van der Waals surface area contributed by atoms with Gasteiger partial charge in [-0.3, -0.25) is 14.5 Å². The summed E-state index contributed by atoms with van der Waals surface area (Å²) in [7, 11) is 0.658.